The maximum atomic E-state index is 13.0. The lowest BCUT2D eigenvalue weighted by molar-refractivity contribution is -0.167. The Balaban J connectivity index is 4.28. The third-order valence-electron chi connectivity index (χ3n) is 16.9. The fourth-order valence-corrected chi connectivity index (χ4v) is 11.3. The number of hydrogen-bond acceptors (Lipinski definition) is 6. The number of carbonyl (C=O) groups is 3. The molecule has 6 heteroatoms. The van der Waals surface area contributed by atoms with Gasteiger partial charge in [-0.05, 0) is 77.0 Å². The molecule has 0 aliphatic heterocycles. The molecule has 0 aliphatic rings. The number of esters is 3. The molecule has 0 saturated heterocycles. The van der Waals surface area contributed by atoms with E-state index in [0.717, 1.165) is 64.2 Å². The van der Waals surface area contributed by atoms with Crippen molar-refractivity contribution in [2.75, 3.05) is 13.2 Å². The summed E-state index contributed by atoms with van der Waals surface area (Å²) in [6.07, 6.45) is 88.9. The molecule has 0 spiro atoms. The first-order chi connectivity index (χ1) is 40.5. The van der Waals surface area contributed by atoms with Crippen LogP contribution in [0.2, 0.25) is 0 Å². The second kappa shape index (κ2) is 71.1. The minimum absolute atomic E-state index is 0.0672. The molecule has 1 atom stereocenters. The zero-order valence-electron chi connectivity index (χ0n) is 55.5. The first-order valence-electron chi connectivity index (χ1n) is 37.0. The van der Waals surface area contributed by atoms with Crippen molar-refractivity contribution in [3.8, 4) is 0 Å². The third kappa shape index (κ3) is 68.4. The van der Waals surface area contributed by atoms with Gasteiger partial charge in [0.25, 0.3) is 0 Å². The van der Waals surface area contributed by atoms with Crippen molar-refractivity contribution in [2.24, 2.45) is 0 Å². The molecule has 0 radical (unpaired) electrons. The van der Waals surface area contributed by atoms with Crippen molar-refractivity contribution in [1.29, 1.82) is 0 Å². The highest BCUT2D eigenvalue weighted by molar-refractivity contribution is 5.71. The minimum Gasteiger partial charge on any atom is -0.462 e. The van der Waals surface area contributed by atoms with Gasteiger partial charge in [0.15, 0.2) is 6.10 Å². The van der Waals surface area contributed by atoms with Gasteiger partial charge >= 0.3 is 17.9 Å². The van der Waals surface area contributed by atoms with Crippen LogP contribution in [-0.4, -0.2) is 37.2 Å². The van der Waals surface area contributed by atoms with Crippen molar-refractivity contribution in [3.63, 3.8) is 0 Å². The molecule has 82 heavy (non-hydrogen) atoms. The number of unbranched alkanes of at least 4 members (excludes halogenated alkanes) is 52. The predicted molar refractivity (Wildman–Crippen MR) is 358 cm³/mol. The van der Waals surface area contributed by atoms with Crippen LogP contribution in [0.5, 0.6) is 0 Å². The van der Waals surface area contributed by atoms with Crippen LogP contribution in [0.15, 0.2) is 36.5 Å². The average Bonchev–Trinajstić information content (AvgIpc) is 3.47. The monoisotopic (exact) mass is 1150 g/mol. The molecule has 0 fully saturated rings. The van der Waals surface area contributed by atoms with E-state index < -0.39 is 6.10 Å². The molecule has 0 aromatic rings. The molecule has 0 rings (SSSR count). The summed E-state index contributed by atoms with van der Waals surface area (Å²) in [7, 11) is 0. The standard InChI is InChI=1S/C76H142O6/c1-4-7-10-13-16-19-22-25-28-31-33-35-37-38-40-41-43-45-48-51-54-57-60-63-66-69-75(78)81-72-73(71-80-74(77)68-65-62-59-56-53-50-47-30-27-24-21-18-15-12-9-6-3)82-76(79)70-67-64-61-58-55-52-49-46-44-42-39-36-34-32-29-26-23-20-17-14-11-8-5-2/h23,26,31-34,73H,4-22,24-25,27-30,35-72H2,1-3H3/b26-23-,33-31-,34-32-. The number of carbonyl (C=O) groups excluding carboxylic acids is 3. The van der Waals surface area contributed by atoms with Gasteiger partial charge in [-0.3, -0.25) is 14.4 Å². The Morgan fingerprint density at radius 2 is 0.439 bits per heavy atom. The molecule has 0 aliphatic carbocycles. The average molecular weight is 1150 g/mol. The summed E-state index contributed by atoms with van der Waals surface area (Å²) < 4.78 is 17.0. The van der Waals surface area contributed by atoms with Gasteiger partial charge in [0.05, 0.1) is 0 Å². The van der Waals surface area contributed by atoms with E-state index in [9.17, 15) is 14.4 Å². The molecular weight excluding hydrogens is 1010 g/mol. The van der Waals surface area contributed by atoms with Gasteiger partial charge in [0.1, 0.15) is 13.2 Å². The molecule has 0 aromatic heterocycles. The number of allylic oxidation sites excluding steroid dienone is 6. The SMILES string of the molecule is CCCCCCC/C=C\C/C=C\CCCCCCCCCCCCCC(=O)OC(COC(=O)CCCCCCCCCCCCCCC/C=C\CCCCCCCCCC)COC(=O)CCCCCCCCCCCCCCCCCC. The summed E-state index contributed by atoms with van der Waals surface area (Å²) in [4.78, 5) is 38.5. The minimum atomic E-state index is -0.772. The largest absolute Gasteiger partial charge is 0.462 e. The number of rotatable bonds is 69. The predicted octanol–water partition coefficient (Wildman–Crippen LogP) is 25.5. The van der Waals surface area contributed by atoms with Gasteiger partial charge in [-0.15, -0.1) is 0 Å². The van der Waals surface area contributed by atoms with Gasteiger partial charge < -0.3 is 14.2 Å². The van der Waals surface area contributed by atoms with Crippen LogP contribution >= 0.6 is 0 Å². The van der Waals surface area contributed by atoms with E-state index in [1.807, 2.05) is 0 Å². The summed E-state index contributed by atoms with van der Waals surface area (Å²) >= 11 is 0. The van der Waals surface area contributed by atoms with Gasteiger partial charge in [0.2, 0.25) is 0 Å². The van der Waals surface area contributed by atoms with Crippen LogP contribution in [0.1, 0.15) is 412 Å². The fourth-order valence-electron chi connectivity index (χ4n) is 11.3. The Morgan fingerprint density at radius 3 is 0.683 bits per heavy atom. The first-order valence-corrected chi connectivity index (χ1v) is 37.0. The van der Waals surface area contributed by atoms with Crippen LogP contribution in [0.25, 0.3) is 0 Å². The summed E-state index contributed by atoms with van der Waals surface area (Å²) in [5.41, 5.74) is 0. The lowest BCUT2D eigenvalue weighted by Crippen LogP contribution is -2.30. The topological polar surface area (TPSA) is 78.9 Å². The fraction of sp³-hybridized carbons (Fsp3) is 0.882. The van der Waals surface area contributed by atoms with Crippen molar-refractivity contribution < 1.29 is 28.6 Å². The molecule has 0 N–H and O–H groups in total. The zero-order chi connectivity index (χ0) is 59.2. The Morgan fingerprint density at radius 1 is 0.244 bits per heavy atom. The Labute approximate surface area is 512 Å². The van der Waals surface area contributed by atoms with E-state index in [4.69, 9.17) is 14.2 Å². The number of ether oxygens (including phenoxy) is 3. The van der Waals surface area contributed by atoms with Crippen LogP contribution in [0.3, 0.4) is 0 Å². The van der Waals surface area contributed by atoms with Crippen LogP contribution in [-0.2, 0) is 28.6 Å². The highest BCUT2D eigenvalue weighted by atomic mass is 16.6. The second-order valence-electron chi connectivity index (χ2n) is 25.2. The lowest BCUT2D eigenvalue weighted by Gasteiger charge is -2.18. The molecule has 1 unspecified atom stereocenters. The smallest absolute Gasteiger partial charge is 0.306 e. The lowest BCUT2D eigenvalue weighted by atomic mass is 10.0. The van der Waals surface area contributed by atoms with Crippen LogP contribution in [0, 0.1) is 0 Å². The molecule has 0 bridgehead atoms. The van der Waals surface area contributed by atoms with Gasteiger partial charge in [-0.2, -0.15) is 0 Å². The van der Waals surface area contributed by atoms with Crippen LogP contribution < -0.4 is 0 Å². The second-order valence-corrected chi connectivity index (χ2v) is 25.2. The Bertz CT molecular complexity index is 1370. The highest BCUT2D eigenvalue weighted by Crippen LogP contribution is 2.19. The van der Waals surface area contributed by atoms with E-state index in [0.29, 0.717) is 19.3 Å². The summed E-state index contributed by atoms with van der Waals surface area (Å²) in [6.45, 7) is 6.71. The van der Waals surface area contributed by atoms with Crippen molar-refractivity contribution >= 4 is 17.9 Å². The van der Waals surface area contributed by atoms with Crippen molar-refractivity contribution in [3.05, 3.63) is 36.5 Å². The van der Waals surface area contributed by atoms with E-state index >= 15 is 0 Å². The molecule has 0 amide bonds. The maximum Gasteiger partial charge on any atom is 0.306 e. The quantitative estimate of drug-likeness (QED) is 0.0261. The van der Waals surface area contributed by atoms with Crippen molar-refractivity contribution in [1.82, 2.24) is 0 Å². The molecular formula is C76H142O6. The third-order valence-corrected chi connectivity index (χ3v) is 16.9. The summed E-state index contributed by atoms with van der Waals surface area (Å²) in [5.74, 6) is -0.836. The first kappa shape index (κ1) is 79.6. The van der Waals surface area contributed by atoms with E-state index in [1.165, 1.54) is 308 Å². The number of hydrogen-bond donors (Lipinski definition) is 0. The molecule has 6 nitrogen and oxygen atoms in total. The summed E-state index contributed by atoms with van der Waals surface area (Å²) in [5, 5.41) is 0. The van der Waals surface area contributed by atoms with Crippen LogP contribution in [0.4, 0.5) is 0 Å². The summed E-state index contributed by atoms with van der Waals surface area (Å²) in [6, 6.07) is 0. The van der Waals surface area contributed by atoms with Gasteiger partial charge in [0, 0.05) is 19.3 Å². The van der Waals surface area contributed by atoms with Gasteiger partial charge in [-0.25, -0.2) is 0 Å². The van der Waals surface area contributed by atoms with Crippen molar-refractivity contribution in [2.45, 2.75) is 419 Å². The molecule has 0 aromatic carbocycles. The Kier molecular flexibility index (Phi) is 69.1. The zero-order valence-corrected chi connectivity index (χ0v) is 55.5. The normalized spacial score (nSPS) is 12.2. The molecule has 482 valence electrons. The van der Waals surface area contributed by atoms with E-state index in [-0.39, 0.29) is 31.1 Å². The molecule has 0 heterocycles. The maximum absolute atomic E-state index is 13.0. The molecule has 0 saturated carbocycles. The highest BCUT2D eigenvalue weighted by Gasteiger charge is 2.20. The van der Waals surface area contributed by atoms with E-state index in [2.05, 4.69) is 57.2 Å². The Hall–Kier alpha value is -2.37. The van der Waals surface area contributed by atoms with Gasteiger partial charge in [-0.1, -0.05) is 353 Å². The van der Waals surface area contributed by atoms with E-state index in [1.54, 1.807) is 0 Å².